The number of amides is 1. The molecule has 1 aliphatic heterocycles. The molecule has 1 N–H and O–H groups in total. The van der Waals surface area contributed by atoms with Crippen molar-refractivity contribution in [1.82, 2.24) is 4.90 Å². The van der Waals surface area contributed by atoms with E-state index in [1.807, 2.05) is 6.07 Å². The SMILES string of the molecule is O=C(O)CC1CCCN(C(=O)c2cc(Br)cc(Br)c2)C1. The van der Waals surface area contributed by atoms with Gasteiger partial charge in [0.05, 0.1) is 0 Å². The fraction of sp³-hybridized carbons (Fsp3) is 0.429. The third-order valence-corrected chi connectivity index (χ3v) is 4.29. The molecular weight excluding hydrogens is 390 g/mol. The van der Waals surface area contributed by atoms with Gasteiger partial charge in [0.25, 0.3) is 5.91 Å². The second-order valence-corrected chi connectivity index (χ2v) is 6.85. The molecule has 20 heavy (non-hydrogen) atoms. The fourth-order valence-corrected chi connectivity index (χ4v) is 3.82. The molecule has 108 valence electrons. The van der Waals surface area contributed by atoms with E-state index in [0.717, 1.165) is 21.8 Å². The molecule has 1 unspecified atom stereocenters. The highest BCUT2D eigenvalue weighted by Crippen LogP contribution is 2.24. The van der Waals surface area contributed by atoms with E-state index in [4.69, 9.17) is 5.11 Å². The summed E-state index contributed by atoms with van der Waals surface area (Å²) in [5, 5.41) is 8.86. The first kappa shape index (κ1) is 15.5. The zero-order valence-corrected chi connectivity index (χ0v) is 14.0. The largest absolute Gasteiger partial charge is 0.481 e. The second-order valence-electron chi connectivity index (χ2n) is 5.02. The van der Waals surface area contributed by atoms with Crippen LogP contribution >= 0.6 is 31.9 Å². The van der Waals surface area contributed by atoms with Crippen LogP contribution in [0.15, 0.2) is 27.1 Å². The fourth-order valence-electron chi connectivity index (χ4n) is 2.52. The maximum Gasteiger partial charge on any atom is 0.303 e. The molecule has 4 nitrogen and oxygen atoms in total. The first-order valence-electron chi connectivity index (χ1n) is 6.43. The van der Waals surface area contributed by atoms with Crippen molar-refractivity contribution in [1.29, 1.82) is 0 Å². The lowest BCUT2D eigenvalue weighted by Crippen LogP contribution is -2.40. The van der Waals surface area contributed by atoms with Gasteiger partial charge in [-0.05, 0) is 37.0 Å². The van der Waals surface area contributed by atoms with Gasteiger partial charge in [0.15, 0.2) is 0 Å². The molecule has 2 rings (SSSR count). The molecule has 0 spiro atoms. The van der Waals surface area contributed by atoms with Gasteiger partial charge < -0.3 is 10.0 Å². The molecule has 0 aliphatic carbocycles. The molecule has 1 heterocycles. The zero-order valence-electron chi connectivity index (χ0n) is 10.8. The molecule has 1 saturated heterocycles. The third-order valence-electron chi connectivity index (χ3n) is 3.38. The first-order chi connectivity index (χ1) is 9.45. The van der Waals surface area contributed by atoms with Gasteiger partial charge >= 0.3 is 5.97 Å². The minimum absolute atomic E-state index is 0.0397. The van der Waals surface area contributed by atoms with E-state index < -0.39 is 5.97 Å². The average molecular weight is 405 g/mol. The van der Waals surface area contributed by atoms with E-state index in [0.29, 0.717) is 18.7 Å². The average Bonchev–Trinajstić information content (AvgIpc) is 2.36. The standard InChI is InChI=1S/C14H15Br2NO3/c15-11-5-10(6-12(16)7-11)14(20)17-3-1-2-9(8-17)4-13(18)19/h5-7,9H,1-4,8H2,(H,18,19). The van der Waals surface area contributed by atoms with Gasteiger partial charge in [-0.25, -0.2) is 0 Å². The van der Waals surface area contributed by atoms with Crippen LogP contribution in [0.1, 0.15) is 29.6 Å². The van der Waals surface area contributed by atoms with Gasteiger partial charge in [0, 0.05) is 34.0 Å². The van der Waals surface area contributed by atoms with Crippen molar-refractivity contribution in [2.45, 2.75) is 19.3 Å². The lowest BCUT2D eigenvalue weighted by Gasteiger charge is -2.32. The number of nitrogens with zero attached hydrogens (tertiary/aromatic N) is 1. The number of carbonyl (C=O) groups is 2. The number of piperidine rings is 1. The zero-order chi connectivity index (χ0) is 14.7. The summed E-state index contributed by atoms with van der Waals surface area (Å²) in [6, 6.07) is 5.45. The van der Waals surface area contributed by atoms with Crippen LogP contribution in [0.2, 0.25) is 0 Å². The predicted molar refractivity (Wildman–Crippen MR) is 82.7 cm³/mol. The molecule has 1 aromatic rings. The van der Waals surface area contributed by atoms with E-state index in [-0.39, 0.29) is 18.2 Å². The Balaban J connectivity index is 2.10. The van der Waals surface area contributed by atoms with Crippen molar-refractivity contribution >= 4 is 43.7 Å². The van der Waals surface area contributed by atoms with E-state index in [1.54, 1.807) is 17.0 Å². The highest BCUT2D eigenvalue weighted by molar-refractivity contribution is 9.11. The third kappa shape index (κ3) is 4.06. The number of benzene rings is 1. The van der Waals surface area contributed by atoms with Gasteiger partial charge in [0.2, 0.25) is 0 Å². The van der Waals surface area contributed by atoms with Crippen LogP contribution in [0.3, 0.4) is 0 Å². The Morgan fingerprint density at radius 3 is 2.50 bits per heavy atom. The molecule has 0 saturated carbocycles. The number of halogens is 2. The molecule has 1 atom stereocenters. The van der Waals surface area contributed by atoms with Crippen LogP contribution in [0.25, 0.3) is 0 Å². The van der Waals surface area contributed by atoms with Crippen LogP contribution in [0, 0.1) is 5.92 Å². The highest BCUT2D eigenvalue weighted by Gasteiger charge is 2.26. The van der Waals surface area contributed by atoms with E-state index in [9.17, 15) is 9.59 Å². The Morgan fingerprint density at radius 2 is 1.90 bits per heavy atom. The first-order valence-corrected chi connectivity index (χ1v) is 8.01. The van der Waals surface area contributed by atoms with Crippen molar-refractivity contribution in [3.63, 3.8) is 0 Å². The van der Waals surface area contributed by atoms with Gasteiger partial charge in [-0.15, -0.1) is 0 Å². The lowest BCUT2D eigenvalue weighted by atomic mass is 9.94. The van der Waals surface area contributed by atoms with Crippen LogP contribution in [0.4, 0.5) is 0 Å². The number of hydrogen-bond donors (Lipinski definition) is 1. The normalized spacial score (nSPS) is 18.9. The van der Waals surface area contributed by atoms with Crippen LogP contribution < -0.4 is 0 Å². The van der Waals surface area contributed by atoms with Gasteiger partial charge in [0.1, 0.15) is 0 Å². The Bertz CT molecular complexity index is 513. The molecular formula is C14H15Br2NO3. The number of aliphatic carboxylic acids is 1. The van der Waals surface area contributed by atoms with Crippen molar-refractivity contribution in [3.05, 3.63) is 32.7 Å². The minimum atomic E-state index is -0.797. The number of carboxylic acids is 1. The topological polar surface area (TPSA) is 57.6 Å². The van der Waals surface area contributed by atoms with Crippen molar-refractivity contribution < 1.29 is 14.7 Å². The van der Waals surface area contributed by atoms with Crippen LogP contribution in [-0.4, -0.2) is 35.0 Å². The maximum absolute atomic E-state index is 12.5. The predicted octanol–water partition coefficient (Wildman–Crippen LogP) is 3.54. The maximum atomic E-state index is 12.5. The highest BCUT2D eigenvalue weighted by atomic mass is 79.9. The summed E-state index contributed by atoms with van der Waals surface area (Å²) in [6.07, 6.45) is 1.86. The second kappa shape index (κ2) is 6.72. The Hall–Kier alpha value is -0.880. The molecule has 1 aromatic carbocycles. The number of rotatable bonds is 3. The van der Waals surface area contributed by atoms with E-state index in [2.05, 4.69) is 31.9 Å². The monoisotopic (exact) mass is 403 g/mol. The summed E-state index contributed by atoms with van der Waals surface area (Å²) in [5.74, 6) is -0.780. The molecule has 1 aliphatic rings. The van der Waals surface area contributed by atoms with Crippen LogP contribution in [0.5, 0.6) is 0 Å². The van der Waals surface area contributed by atoms with E-state index >= 15 is 0 Å². The Kier molecular flexibility index (Phi) is 5.21. The van der Waals surface area contributed by atoms with Crippen molar-refractivity contribution in [3.8, 4) is 0 Å². The minimum Gasteiger partial charge on any atom is -0.481 e. The Labute approximate surface area is 134 Å². The lowest BCUT2D eigenvalue weighted by molar-refractivity contribution is -0.138. The molecule has 1 amide bonds. The van der Waals surface area contributed by atoms with Crippen molar-refractivity contribution in [2.75, 3.05) is 13.1 Å². The smallest absolute Gasteiger partial charge is 0.303 e. The number of carboxylic acid groups (broad SMARTS) is 1. The summed E-state index contributed by atoms with van der Waals surface area (Å²) in [7, 11) is 0. The summed E-state index contributed by atoms with van der Waals surface area (Å²) >= 11 is 6.74. The number of carbonyl (C=O) groups excluding carboxylic acids is 1. The summed E-state index contributed by atoms with van der Waals surface area (Å²) in [5.41, 5.74) is 0.613. The molecule has 6 heteroatoms. The quantitative estimate of drug-likeness (QED) is 0.838. The van der Waals surface area contributed by atoms with Gasteiger partial charge in [-0.1, -0.05) is 31.9 Å². The summed E-state index contributed by atoms with van der Waals surface area (Å²) < 4.78 is 1.68. The van der Waals surface area contributed by atoms with E-state index in [1.165, 1.54) is 0 Å². The summed E-state index contributed by atoms with van der Waals surface area (Å²) in [4.78, 5) is 25.0. The van der Waals surface area contributed by atoms with Gasteiger partial charge in [-0.3, -0.25) is 9.59 Å². The number of likely N-dealkylation sites (tertiary alicyclic amines) is 1. The molecule has 0 radical (unpaired) electrons. The summed E-state index contributed by atoms with van der Waals surface area (Å²) in [6.45, 7) is 1.22. The van der Waals surface area contributed by atoms with Gasteiger partial charge in [-0.2, -0.15) is 0 Å². The molecule has 1 fully saturated rings. The molecule has 0 aromatic heterocycles. The van der Waals surface area contributed by atoms with Crippen molar-refractivity contribution in [2.24, 2.45) is 5.92 Å². The molecule has 0 bridgehead atoms. The number of hydrogen-bond acceptors (Lipinski definition) is 2. The Morgan fingerprint density at radius 1 is 1.25 bits per heavy atom. The van der Waals surface area contributed by atoms with Crippen LogP contribution in [-0.2, 0) is 4.79 Å².